The van der Waals surface area contributed by atoms with Gasteiger partial charge < -0.3 is 25.4 Å². The summed E-state index contributed by atoms with van der Waals surface area (Å²) in [6.45, 7) is 2.51. The van der Waals surface area contributed by atoms with Gasteiger partial charge in [-0.2, -0.15) is 0 Å². The van der Waals surface area contributed by atoms with Gasteiger partial charge in [0.25, 0.3) is 0 Å². The third-order valence-electron chi connectivity index (χ3n) is 2.96. The van der Waals surface area contributed by atoms with Crippen molar-refractivity contribution in [1.82, 2.24) is 10.6 Å². The zero-order valence-corrected chi connectivity index (χ0v) is 14.1. The zero-order chi connectivity index (χ0) is 17.6. The molecule has 0 atom stereocenters. The molecule has 8 heteroatoms. The van der Waals surface area contributed by atoms with E-state index >= 15 is 0 Å². The Hall–Kier alpha value is -2.19. The number of methoxy groups -OCH3 is 1. The number of hydrogen-bond donors (Lipinski definition) is 3. The van der Waals surface area contributed by atoms with Gasteiger partial charge in [0.2, 0.25) is 5.91 Å². The molecule has 1 aromatic carbocycles. The number of carbonyl (C=O) groups is 1. The highest BCUT2D eigenvalue weighted by molar-refractivity contribution is 5.94. The molecule has 7 nitrogen and oxygen atoms in total. The summed E-state index contributed by atoms with van der Waals surface area (Å²) in [6.07, 6.45) is 0.812. The monoisotopic (exact) mass is 340 g/mol. The first-order valence-electron chi connectivity index (χ1n) is 7.72. The van der Waals surface area contributed by atoms with E-state index in [0.717, 1.165) is 6.42 Å². The van der Waals surface area contributed by atoms with E-state index in [0.29, 0.717) is 38.0 Å². The van der Waals surface area contributed by atoms with E-state index in [1.54, 1.807) is 14.2 Å². The molecule has 0 saturated heterocycles. The molecule has 0 aromatic heterocycles. The molecule has 0 radical (unpaired) electrons. The van der Waals surface area contributed by atoms with Crippen LogP contribution in [0.3, 0.4) is 0 Å². The molecule has 1 rings (SSSR count). The van der Waals surface area contributed by atoms with E-state index in [9.17, 15) is 9.18 Å². The average molecular weight is 340 g/mol. The first-order valence-corrected chi connectivity index (χ1v) is 7.72. The minimum absolute atomic E-state index is 0.0569. The van der Waals surface area contributed by atoms with Crippen molar-refractivity contribution in [3.8, 4) is 0 Å². The Labute approximate surface area is 141 Å². The molecule has 1 amide bonds. The number of guanidine groups is 1. The highest BCUT2D eigenvalue weighted by atomic mass is 19.1. The van der Waals surface area contributed by atoms with Crippen LogP contribution in [0.2, 0.25) is 0 Å². The molecule has 134 valence electrons. The van der Waals surface area contributed by atoms with Gasteiger partial charge in [-0.05, 0) is 30.7 Å². The average Bonchev–Trinajstić information content (AvgIpc) is 2.58. The van der Waals surface area contributed by atoms with Crippen molar-refractivity contribution in [3.63, 3.8) is 0 Å². The van der Waals surface area contributed by atoms with Crippen LogP contribution >= 0.6 is 0 Å². The van der Waals surface area contributed by atoms with Crippen LogP contribution < -0.4 is 16.0 Å². The molecular weight excluding hydrogens is 315 g/mol. The normalized spacial score (nSPS) is 11.2. The summed E-state index contributed by atoms with van der Waals surface area (Å²) in [6, 6.07) is 5.59. The largest absolute Gasteiger partial charge is 0.382 e. The third-order valence-corrected chi connectivity index (χ3v) is 2.96. The lowest BCUT2D eigenvalue weighted by Crippen LogP contribution is -2.41. The van der Waals surface area contributed by atoms with E-state index in [4.69, 9.17) is 9.47 Å². The van der Waals surface area contributed by atoms with Crippen LogP contribution in [-0.2, 0) is 14.3 Å². The molecule has 0 unspecified atom stereocenters. The summed E-state index contributed by atoms with van der Waals surface area (Å²) < 4.78 is 23.0. The predicted octanol–water partition coefficient (Wildman–Crippen LogP) is 0.982. The molecular formula is C16H25FN4O3. The van der Waals surface area contributed by atoms with E-state index in [-0.39, 0.29) is 18.3 Å². The number of nitrogens with zero attached hydrogens (tertiary/aromatic N) is 1. The summed E-state index contributed by atoms with van der Waals surface area (Å²) in [7, 11) is 3.26. The Bertz CT molecular complexity index is 509. The molecule has 0 heterocycles. The standard InChI is InChI=1S/C16H25FN4O3/c1-18-16(19-8-3-9-24-11-10-23-2)20-12-15(22)21-14-6-4-13(17)5-7-14/h4-7H,3,8-12H2,1-2H3,(H,21,22)(H2,18,19,20). The fourth-order valence-corrected chi connectivity index (χ4v) is 1.75. The second-order valence-electron chi connectivity index (χ2n) is 4.87. The van der Waals surface area contributed by atoms with Crippen LogP contribution in [0.4, 0.5) is 10.1 Å². The Balaban J connectivity index is 2.16. The van der Waals surface area contributed by atoms with Gasteiger partial charge in [0, 0.05) is 33.0 Å². The fraction of sp³-hybridized carbons (Fsp3) is 0.500. The molecule has 0 bridgehead atoms. The first-order chi connectivity index (χ1) is 11.7. The lowest BCUT2D eigenvalue weighted by molar-refractivity contribution is -0.115. The number of carbonyl (C=O) groups excluding carboxylic acids is 1. The first kappa shape index (κ1) is 19.9. The van der Waals surface area contributed by atoms with Crippen molar-refractivity contribution in [2.75, 3.05) is 52.4 Å². The zero-order valence-electron chi connectivity index (χ0n) is 14.1. The van der Waals surface area contributed by atoms with Crippen LogP contribution in [0, 0.1) is 5.82 Å². The van der Waals surface area contributed by atoms with Gasteiger partial charge in [0.15, 0.2) is 5.96 Å². The van der Waals surface area contributed by atoms with Gasteiger partial charge in [-0.1, -0.05) is 0 Å². The van der Waals surface area contributed by atoms with Crippen LogP contribution in [-0.4, -0.2) is 58.9 Å². The summed E-state index contributed by atoms with van der Waals surface area (Å²) in [5.74, 6) is -0.0597. The SMILES string of the molecule is CN=C(NCCCOCCOC)NCC(=O)Nc1ccc(F)cc1. The number of halogens is 1. The minimum Gasteiger partial charge on any atom is -0.382 e. The molecule has 0 saturated carbocycles. The van der Waals surface area contributed by atoms with Crippen molar-refractivity contribution >= 4 is 17.6 Å². The van der Waals surface area contributed by atoms with Crippen molar-refractivity contribution in [2.24, 2.45) is 4.99 Å². The van der Waals surface area contributed by atoms with E-state index in [2.05, 4.69) is 20.9 Å². The Morgan fingerprint density at radius 1 is 1.17 bits per heavy atom. The van der Waals surface area contributed by atoms with Crippen molar-refractivity contribution in [2.45, 2.75) is 6.42 Å². The second-order valence-corrected chi connectivity index (χ2v) is 4.87. The van der Waals surface area contributed by atoms with E-state index < -0.39 is 0 Å². The summed E-state index contributed by atoms with van der Waals surface area (Å²) >= 11 is 0. The highest BCUT2D eigenvalue weighted by Gasteiger charge is 2.04. The van der Waals surface area contributed by atoms with E-state index in [1.807, 2.05) is 0 Å². The molecule has 3 N–H and O–H groups in total. The smallest absolute Gasteiger partial charge is 0.243 e. The fourth-order valence-electron chi connectivity index (χ4n) is 1.75. The maximum Gasteiger partial charge on any atom is 0.243 e. The van der Waals surface area contributed by atoms with Crippen molar-refractivity contribution < 1.29 is 18.7 Å². The number of hydrogen-bond acceptors (Lipinski definition) is 4. The van der Waals surface area contributed by atoms with Gasteiger partial charge in [-0.15, -0.1) is 0 Å². The maximum absolute atomic E-state index is 12.8. The number of anilines is 1. The van der Waals surface area contributed by atoms with Gasteiger partial charge in [0.05, 0.1) is 19.8 Å². The minimum atomic E-state index is -0.345. The Morgan fingerprint density at radius 3 is 2.58 bits per heavy atom. The number of nitrogens with one attached hydrogen (secondary N) is 3. The molecule has 0 aliphatic rings. The van der Waals surface area contributed by atoms with Crippen LogP contribution in [0.1, 0.15) is 6.42 Å². The van der Waals surface area contributed by atoms with Crippen LogP contribution in [0.25, 0.3) is 0 Å². The topological polar surface area (TPSA) is 84.0 Å². The van der Waals surface area contributed by atoms with Crippen molar-refractivity contribution in [3.05, 3.63) is 30.1 Å². The predicted molar refractivity (Wildman–Crippen MR) is 91.7 cm³/mol. The molecule has 0 fully saturated rings. The molecule has 24 heavy (non-hydrogen) atoms. The van der Waals surface area contributed by atoms with Crippen LogP contribution in [0.5, 0.6) is 0 Å². The molecule has 0 aliphatic carbocycles. The second kappa shape index (κ2) is 12.3. The molecule has 1 aromatic rings. The number of benzene rings is 1. The van der Waals surface area contributed by atoms with Crippen molar-refractivity contribution in [1.29, 1.82) is 0 Å². The van der Waals surface area contributed by atoms with Gasteiger partial charge in [-0.3, -0.25) is 9.79 Å². The maximum atomic E-state index is 12.8. The Kier molecular flexibility index (Phi) is 10.1. The van der Waals surface area contributed by atoms with E-state index in [1.165, 1.54) is 24.3 Å². The van der Waals surface area contributed by atoms with Gasteiger partial charge in [0.1, 0.15) is 5.82 Å². The van der Waals surface area contributed by atoms with Gasteiger partial charge in [-0.25, -0.2) is 4.39 Å². The van der Waals surface area contributed by atoms with Gasteiger partial charge >= 0.3 is 0 Å². The lowest BCUT2D eigenvalue weighted by Gasteiger charge is -2.12. The number of ether oxygens (including phenoxy) is 2. The summed E-state index contributed by atoms with van der Waals surface area (Å²) in [4.78, 5) is 15.8. The number of rotatable bonds is 10. The Morgan fingerprint density at radius 2 is 1.92 bits per heavy atom. The lowest BCUT2D eigenvalue weighted by atomic mass is 10.3. The quantitative estimate of drug-likeness (QED) is 0.336. The number of aliphatic imine (C=N–C) groups is 1. The highest BCUT2D eigenvalue weighted by Crippen LogP contribution is 2.07. The molecule has 0 aliphatic heterocycles. The molecule has 0 spiro atoms. The number of amides is 1. The summed E-state index contributed by atoms with van der Waals surface area (Å²) in [5, 5.41) is 8.65. The van der Waals surface area contributed by atoms with Crippen LogP contribution in [0.15, 0.2) is 29.3 Å². The summed E-state index contributed by atoms with van der Waals surface area (Å²) in [5.41, 5.74) is 0.541. The third kappa shape index (κ3) is 9.06.